The van der Waals surface area contributed by atoms with E-state index in [0.717, 1.165) is 5.92 Å². The van der Waals surface area contributed by atoms with Gasteiger partial charge in [0.2, 0.25) is 5.28 Å². The van der Waals surface area contributed by atoms with E-state index in [0.29, 0.717) is 21.5 Å². The predicted octanol–water partition coefficient (Wildman–Crippen LogP) is 4.44. The minimum Gasteiger partial charge on any atom is -0.209 e. The van der Waals surface area contributed by atoms with Crippen molar-refractivity contribution in [3.8, 4) is 0 Å². The fraction of sp³-hybridized carbons (Fsp3) is 0.857. The standard InChI is InChI=1S/C14H19ClN2S/c1-12-3-9-4-13(2,6-12)8-14(5-9,7-12)10-16-11(15)17-18-10/h9H,3-8H2,1-2H3. The molecule has 2 nitrogen and oxygen atoms in total. The fourth-order valence-electron chi connectivity index (χ4n) is 6.11. The highest BCUT2D eigenvalue weighted by Crippen LogP contribution is 2.69. The molecule has 0 saturated heterocycles. The molecule has 2 atom stereocenters. The maximum atomic E-state index is 5.96. The number of hydrogen-bond acceptors (Lipinski definition) is 3. The third kappa shape index (κ3) is 1.53. The van der Waals surface area contributed by atoms with Gasteiger partial charge in [-0.3, -0.25) is 0 Å². The van der Waals surface area contributed by atoms with Crippen molar-refractivity contribution in [3.05, 3.63) is 10.3 Å². The van der Waals surface area contributed by atoms with E-state index in [1.807, 2.05) is 0 Å². The minimum atomic E-state index is 0.299. The summed E-state index contributed by atoms with van der Waals surface area (Å²) in [5, 5.41) is 1.66. The molecule has 0 N–H and O–H groups in total. The Morgan fingerprint density at radius 2 is 1.78 bits per heavy atom. The van der Waals surface area contributed by atoms with Gasteiger partial charge in [0, 0.05) is 5.41 Å². The minimum absolute atomic E-state index is 0.299. The first-order valence-corrected chi connectivity index (χ1v) is 8.05. The molecular weight excluding hydrogens is 264 g/mol. The van der Waals surface area contributed by atoms with Crippen LogP contribution < -0.4 is 0 Å². The number of nitrogens with zero attached hydrogens (tertiary/aromatic N) is 2. The molecule has 4 bridgehead atoms. The molecule has 0 aliphatic heterocycles. The van der Waals surface area contributed by atoms with Gasteiger partial charge in [-0.1, -0.05) is 13.8 Å². The quantitative estimate of drug-likeness (QED) is 0.761. The van der Waals surface area contributed by atoms with Crippen molar-refractivity contribution in [1.29, 1.82) is 0 Å². The highest BCUT2D eigenvalue weighted by Gasteiger charge is 2.61. The van der Waals surface area contributed by atoms with E-state index in [1.54, 1.807) is 11.5 Å². The molecule has 4 heteroatoms. The molecule has 1 aromatic rings. The molecule has 18 heavy (non-hydrogen) atoms. The Bertz CT molecular complexity index is 494. The monoisotopic (exact) mass is 282 g/mol. The molecule has 4 aliphatic rings. The molecule has 4 saturated carbocycles. The molecule has 0 amide bonds. The van der Waals surface area contributed by atoms with Gasteiger partial charge >= 0.3 is 0 Å². The van der Waals surface area contributed by atoms with Gasteiger partial charge in [-0.25, -0.2) is 4.98 Å². The summed E-state index contributed by atoms with van der Waals surface area (Å²) < 4.78 is 4.22. The zero-order valence-electron chi connectivity index (χ0n) is 11.0. The Balaban J connectivity index is 1.82. The lowest BCUT2D eigenvalue weighted by Crippen LogP contribution is -2.56. The summed E-state index contributed by atoms with van der Waals surface area (Å²) in [6.07, 6.45) is 8.19. The highest BCUT2D eigenvalue weighted by atomic mass is 35.5. The molecule has 1 heterocycles. The molecule has 0 radical (unpaired) electrons. The van der Waals surface area contributed by atoms with Gasteiger partial charge in [0.15, 0.2) is 0 Å². The van der Waals surface area contributed by atoms with Crippen LogP contribution in [0.25, 0.3) is 0 Å². The maximum absolute atomic E-state index is 5.96. The zero-order chi connectivity index (χ0) is 12.6. The van der Waals surface area contributed by atoms with Gasteiger partial charge in [0.05, 0.1) is 0 Å². The summed E-state index contributed by atoms with van der Waals surface area (Å²) in [4.78, 5) is 4.54. The lowest BCUT2D eigenvalue weighted by Gasteiger charge is -2.64. The first kappa shape index (κ1) is 11.7. The average molecular weight is 283 g/mol. The van der Waals surface area contributed by atoms with Crippen LogP contribution in [0.5, 0.6) is 0 Å². The lowest BCUT2D eigenvalue weighted by molar-refractivity contribution is -0.110. The molecule has 0 aromatic carbocycles. The molecular formula is C14H19ClN2S. The molecule has 4 fully saturated rings. The average Bonchev–Trinajstić information content (AvgIpc) is 2.59. The number of rotatable bonds is 1. The van der Waals surface area contributed by atoms with Gasteiger partial charge in [-0.05, 0) is 78.4 Å². The van der Waals surface area contributed by atoms with E-state index in [9.17, 15) is 0 Å². The van der Waals surface area contributed by atoms with Gasteiger partial charge < -0.3 is 0 Å². The molecule has 98 valence electrons. The van der Waals surface area contributed by atoms with Crippen LogP contribution in [0.4, 0.5) is 0 Å². The Kier molecular flexibility index (Phi) is 2.13. The van der Waals surface area contributed by atoms with Crippen molar-refractivity contribution < 1.29 is 0 Å². The van der Waals surface area contributed by atoms with E-state index in [1.165, 1.54) is 43.5 Å². The van der Waals surface area contributed by atoms with Crippen molar-refractivity contribution in [2.24, 2.45) is 16.7 Å². The largest absolute Gasteiger partial charge is 0.234 e. The third-order valence-corrected chi connectivity index (χ3v) is 6.71. The van der Waals surface area contributed by atoms with Crippen molar-refractivity contribution >= 4 is 23.1 Å². The van der Waals surface area contributed by atoms with Gasteiger partial charge in [-0.2, -0.15) is 4.37 Å². The van der Waals surface area contributed by atoms with Crippen LogP contribution in [0, 0.1) is 16.7 Å². The summed E-state index contributed by atoms with van der Waals surface area (Å²) in [7, 11) is 0. The van der Waals surface area contributed by atoms with E-state index < -0.39 is 0 Å². The lowest BCUT2D eigenvalue weighted by atomic mass is 9.40. The first-order valence-electron chi connectivity index (χ1n) is 6.90. The van der Waals surface area contributed by atoms with Crippen LogP contribution in [0.1, 0.15) is 57.4 Å². The Morgan fingerprint density at radius 1 is 1.11 bits per heavy atom. The molecule has 0 spiro atoms. The molecule has 2 unspecified atom stereocenters. The zero-order valence-corrected chi connectivity index (χ0v) is 12.6. The Labute approximate surface area is 117 Å². The normalized spacial score (nSPS) is 49.8. The second-order valence-electron chi connectivity index (χ2n) is 7.78. The SMILES string of the molecule is CC12CC3CC(C)(C1)CC(c1nc(Cl)ns1)(C3)C2. The van der Waals surface area contributed by atoms with E-state index in [-0.39, 0.29) is 0 Å². The van der Waals surface area contributed by atoms with Crippen LogP contribution >= 0.6 is 23.1 Å². The van der Waals surface area contributed by atoms with Gasteiger partial charge in [-0.15, -0.1) is 0 Å². The fourth-order valence-corrected chi connectivity index (χ4v) is 7.10. The molecule has 4 aliphatic carbocycles. The van der Waals surface area contributed by atoms with Crippen LogP contribution in [0.15, 0.2) is 0 Å². The van der Waals surface area contributed by atoms with Crippen LogP contribution in [0.3, 0.4) is 0 Å². The van der Waals surface area contributed by atoms with Gasteiger partial charge in [0.1, 0.15) is 5.01 Å². The third-order valence-electron chi connectivity index (χ3n) is 5.48. The topological polar surface area (TPSA) is 25.8 Å². The second kappa shape index (κ2) is 3.29. The van der Waals surface area contributed by atoms with Crippen molar-refractivity contribution in [1.82, 2.24) is 9.36 Å². The summed E-state index contributed by atoms with van der Waals surface area (Å²) in [5.74, 6) is 0.902. The summed E-state index contributed by atoms with van der Waals surface area (Å²) in [6, 6.07) is 0. The van der Waals surface area contributed by atoms with E-state index >= 15 is 0 Å². The molecule has 5 rings (SSSR count). The van der Waals surface area contributed by atoms with E-state index in [2.05, 4.69) is 23.2 Å². The number of aromatic nitrogens is 2. The maximum Gasteiger partial charge on any atom is 0.234 e. The van der Waals surface area contributed by atoms with Crippen molar-refractivity contribution in [3.63, 3.8) is 0 Å². The first-order chi connectivity index (χ1) is 8.41. The van der Waals surface area contributed by atoms with Crippen molar-refractivity contribution in [2.75, 3.05) is 0 Å². The van der Waals surface area contributed by atoms with Crippen LogP contribution in [-0.2, 0) is 5.41 Å². The highest BCUT2D eigenvalue weighted by molar-refractivity contribution is 7.05. The smallest absolute Gasteiger partial charge is 0.209 e. The van der Waals surface area contributed by atoms with E-state index in [4.69, 9.17) is 11.6 Å². The second-order valence-corrected chi connectivity index (χ2v) is 8.87. The van der Waals surface area contributed by atoms with Crippen molar-refractivity contribution in [2.45, 2.75) is 57.8 Å². The molecule has 1 aromatic heterocycles. The van der Waals surface area contributed by atoms with Gasteiger partial charge in [0.25, 0.3) is 0 Å². The summed E-state index contributed by atoms with van der Waals surface area (Å²) in [6.45, 7) is 4.99. The van der Waals surface area contributed by atoms with Crippen LogP contribution in [-0.4, -0.2) is 9.36 Å². The number of halogens is 1. The summed E-state index contributed by atoms with van der Waals surface area (Å²) >= 11 is 7.50. The number of hydrogen-bond donors (Lipinski definition) is 0. The summed E-state index contributed by atoms with van der Waals surface area (Å²) in [5.41, 5.74) is 1.37. The predicted molar refractivity (Wildman–Crippen MR) is 74.0 cm³/mol. The Hall–Kier alpha value is -0.150. The Morgan fingerprint density at radius 3 is 2.28 bits per heavy atom. The van der Waals surface area contributed by atoms with Crippen LogP contribution in [0.2, 0.25) is 5.28 Å².